The molecule has 1 saturated heterocycles. The third kappa shape index (κ3) is 4.07. The van der Waals surface area contributed by atoms with Gasteiger partial charge in [0.25, 0.3) is 0 Å². The molecule has 2 rings (SSSR count). The first kappa shape index (κ1) is 16.9. The van der Waals surface area contributed by atoms with Crippen molar-refractivity contribution in [3.63, 3.8) is 0 Å². The Labute approximate surface area is 133 Å². The minimum Gasteiger partial charge on any atom is -0.339 e. The van der Waals surface area contributed by atoms with E-state index in [1.807, 2.05) is 30.9 Å². The van der Waals surface area contributed by atoms with Crippen LogP contribution < -0.4 is 0 Å². The Balaban J connectivity index is 1.92. The normalized spacial score (nSPS) is 23.1. The minimum atomic E-state index is -0.189. The maximum absolute atomic E-state index is 12.9. The van der Waals surface area contributed by atoms with Gasteiger partial charge in [0.15, 0.2) is 0 Å². The molecule has 2 unspecified atom stereocenters. The van der Waals surface area contributed by atoms with E-state index in [0.29, 0.717) is 12.1 Å². The fraction of sp³-hybridized carbons (Fsp3) is 0.611. The van der Waals surface area contributed by atoms with Crippen LogP contribution in [0.25, 0.3) is 0 Å². The maximum atomic E-state index is 12.9. The van der Waals surface area contributed by atoms with Crippen molar-refractivity contribution in [2.24, 2.45) is 5.92 Å². The zero-order valence-corrected chi connectivity index (χ0v) is 14.1. The predicted octanol–water partition coefficient (Wildman–Crippen LogP) is 2.95. The Morgan fingerprint density at radius 1 is 1.18 bits per heavy atom. The topological polar surface area (TPSA) is 23.6 Å². The van der Waals surface area contributed by atoms with Gasteiger partial charge in [-0.25, -0.2) is 4.39 Å². The number of nitrogens with zero attached hydrogens (tertiary/aromatic N) is 2. The second-order valence-corrected chi connectivity index (χ2v) is 6.71. The van der Waals surface area contributed by atoms with Gasteiger partial charge < -0.3 is 4.90 Å². The van der Waals surface area contributed by atoms with Crippen molar-refractivity contribution in [2.45, 2.75) is 46.2 Å². The summed E-state index contributed by atoms with van der Waals surface area (Å²) in [6.07, 6.45) is 0.910. The molecule has 1 heterocycles. The molecule has 1 amide bonds. The molecule has 0 spiro atoms. The standard InChI is InChI=1S/C18H27FN2O/c1-13(2)18(22)20-11-14(3)21(15(4)12-20)10-9-16-5-7-17(19)8-6-16/h5-8,13-15H,9-12H2,1-4H3. The number of amides is 1. The number of carbonyl (C=O) groups is 1. The van der Waals surface area contributed by atoms with Crippen molar-refractivity contribution in [1.29, 1.82) is 0 Å². The van der Waals surface area contributed by atoms with E-state index in [2.05, 4.69) is 18.7 Å². The van der Waals surface area contributed by atoms with Crippen LogP contribution in [0.5, 0.6) is 0 Å². The minimum absolute atomic E-state index is 0.0603. The number of hydrogen-bond donors (Lipinski definition) is 0. The Morgan fingerprint density at radius 3 is 2.23 bits per heavy atom. The lowest BCUT2D eigenvalue weighted by atomic mass is 10.0. The predicted molar refractivity (Wildman–Crippen MR) is 87.2 cm³/mol. The summed E-state index contributed by atoms with van der Waals surface area (Å²) < 4.78 is 12.9. The average Bonchev–Trinajstić information content (AvgIpc) is 2.47. The molecule has 1 aliphatic heterocycles. The van der Waals surface area contributed by atoms with Gasteiger partial charge in [0.1, 0.15) is 5.82 Å². The lowest BCUT2D eigenvalue weighted by Gasteiger charge is -2.45. The maximum Gasteiger partial charge on any atom is 0.225 e. The molecule has 0 aromatic heterocycles. The summed E-state index contributed by atoms with van der Waals surface area (Å²) in [4.78, 5) is 16.6. The van der Waals surface area contributed by atoms with E-state index < -0.39 is 0 Å². The molecule has 0 bridgehead atoms. The Hall–Kier alpha value is -1.42. The largest absolute Gasteiger partial charge is 0.339 e. The van der Waals surface area contributed by atoms with Gasteiger partial charge in [0.05, 0.1) is 0 Å². The van der Waals surface area contributed by atoms with E-state index in [0.717, 1.165) is 31.6 Å². The third-order valence-corrected chi connectivity index (χ3v) is 4.48. The molecule has 0 radical (unpaired) electrons. The van der Waals surface area contributed by atoms with E-state index in [4.69, 9.17) is 0 Å². The Bertz CT molecular complexity index is 488. The van der Waals surface area contributed by atoms with Crippen molar-refractivity contribution in [1.82, 2.24) is 9.80 Å². The summed E-state index contributed by atoms with van der Waals surface area (Å²) in [5, 5.41) is 0. The molecule has 0 aliphatic carbocycles. The van der Waals surface area contributed by atoms with Crippen LogP contribution in [-0.4, -0.2) is 47.4 Å². The van der Waals surface area contributed by atoms with Crippen molar-refractivity contribution >= 4 is 5.91 Å². The van der Waals surface area contributed by atoms with Crippen LogP contribution in [0.1, 0.15) is 33.3 Å². The number of benzene rings is 1. The molecule has 1 aromatic rings. The smallest absolute Gasteiger partial charge is 0.225 e. The van der Waals surface area contributed by atoms with Gasteiger partial charge in [-0.15, -0.1) is 0 Å². The highest BCUT2D eigenvalue weighted by Crippen LogP contribution is 2.18. The quantitative estimate of drug-likeness (QED) is 0.854. The Morgan fingerprint density at radius 2 is 1.73 bits per heavy atom. The van der Waals surface area contributed by atoms with Gasteiger partial charge in [-0.3, -0.25) is 9.69 Å². The van der Waals surface area contributed by atoms with Crippen LogP contribution in [-0.2, 0) is 11.2 Å². The SMILES string of the molecule is CC(C)C(=O)N1CC(C)N(CCc2ccc(F)cc2)C(C)C1. The summed E-state index contributed by atoms with van der Waals surface area (Å²) >= 11 is 0. The zero-order chi connectivity index (χ0) is 16.3. The van der Waals surface area contributed by atoms with Gasteiger partial charge in [-0.1, -0.05) is 26.0 Å². The highest BCUT2D eigenvalue weighted by molar-refractivity contribution is 5.78. The number of hydrogen-bond acceptors (Lipinski definition) is 2. The van der Waals surface area contributed by atoms with Crippen LogP contribution in [0.2, 0.25) is 0 Å². The van der Waals surface area contributed by atoms with E-state index in [1.165, 1.54) is 12.1 Å². The van der Waals surface area contributed by atoms with Crippen molar-refractivity contribution in [3.8, 4) is 0 Å². The summed E-state index contributed by atoms with van der Waals surface area (Å²) in [7, 11) is 0. The molecular weight excluding hydrogens is 279 g/mol. The molecule has 22 heavy (non-hydrogen) atoms. The van der Waals surface area contributed by atoms with Crippen molar-refractivity contribution in [3.05, 3.63) is 35.6 Å². The van der Waals surface area contributed by atoms with Gasteiger partial charge in [-0.2, -0.15) is 0 Å². The Kier molecular flexibility index (Phi) is 5.57. The van der Waals surface area contributed by atoms with Crippen molar-refractivity contribution < 1.29 is 9.18 Å². The summed E-state index contributed by atoms with van der Waals surface area (Å²) in [6, 6.07) is 7.44. The van der Waals surface area contributed by atoms with Crippen molar-refractivity contribution in [2.75, 3.05) is 19.6 Å². The molecule has 1 aliphatic rings. The van der Waals surface area contributed by atoms with Crippen LogP contribution in [0.3, 0.4) is 0 Å². The summed E-state index contributed by atoms with van der Waals surface area (Å²) in [6.45, 7) is 10.8. The molecule has 1 fully saturated rings. The van der Waals surface area contributed by atoms with Crippen LogP contribution in [0.4, 0.5) is 4.39 Å². The van der Waals surface area contributed by atoms with Crippen LogP contribution in [0, 0.1) is 11.7 Å². The lowest BCUT2D eigenvalue weighted by Crippen LogP contribution is -2.58. The molecule has 4 heteroatoms. The monoisotopic (exact) mass is 306 g/mol. The number of halogens is 1. The van der Waals surface area contributed by atoms with Gasteiger partial charge in [0, 0.05) is 37.6 Å². The summed E-state index contributed by atoms with van der Waals surface area (Å²) in [5.41, 5.74) is 1.15. The van der Waals surface area contributed by atoms with Crippen LogP contribution >= 0.6 is 0 Å². The molecule has 0 saturated carbocycles. The molecule has 122 valence electrons. The number of carbonyl (C=O) groups excluding carboxylic acids is 1. The highest BCUT2D eigenvalue weighted by Gasteiger charge is 2.32. The molecular formula is C18H27FN2O. The van der Waals surface area contributed by atoms with Gasteiger partial charge >= 0.3 is 0 Å². The molecule has 1 aromatic carbocycles. The molecule has 0 N–H and O–H groups in total. The van der Waals surface area contributed by atoms with Crippen LogP contribution in [0.15, 0.2) is 24.3 Å². The third-order valence-electron chi connectivity index (χ3n) is 4.48. The first-order valence-corrected chi connectivity index (χ1v) is 8.17. The lowest BCUT2D eigenvalue weighted by molar-refractivity contribution is -0.138. The fourth-order valence-corrected chi connectivity index (χ4v) is 3.25. The van der Waals surface area contributed by atoms with E-state index in [1.54, 1.807) is 0 Å². The van der Waals surface area contributed by atoms with E-state index >= 15 is 0 Å². The average molecular weight is 306 g/mol. The van der Waals surface area contributed by atoms with E-state index in [-0.39, 0.29) is 17.6 Å². The van der Waals surface area contributed by atoms with Gasteiger partial charge in [-0.05, 0) is 38.0 Å². The molecule has 2 atom stereocenters. The molecule has 3 nitrogen and oxygen atoms in total. The summed E-state index contributed by atoms with van der Waals surface area (Å²) in [5.74, 6) is 0.119. The first-order valence-electron chi connectivity index (χ1n) is 8.17. The number of piperazine rings is 1. The zero-order valence-electron chi connectivity index (χ0n) is 14.1. The highest BCUT2D eigenvalue weighted by atomic mass is 19.1. The van der Waals surface area contributed by atoms with Gasteiger partial charge in [0.2, 0.25) is 5.91 Å². The second kappa shape index (κ2) is 7.23. The first-order chi connectivity index (χ1) is 10.4. The number of rotatable bonds is 4. The fourth-order valence-electron chi connectivity index (χ4n) is 3.25. The van der Waals surface area contributed by atoms with E-state index in [9.17, 15) is 9.18 Å². The second-order valence-electron chi connectivity index (χ2n) is 6.71.